The minimum absolute atomic E-state index is 0.386. The Kier molecular flexibility index (Phi) is 5.52. The molecule has 0 saturated heterocycles. The number of nitrogens with one attached hydrogen (secondary N) is 1. The van der Waals surface area contributed by atoms with Crippen LogP contribution in [0.1, 0.15) is 34.0 Å². The summed E-state index contributed by atoms with van der Waals surface area (Å²) in [6, 6.07) is 6.20. The number of carboxylic acid groups (broad SMARTS) is 1. The average Bonchev–Trinajstić information content (AvgIpc) is 2.54. The highest BCUT2D eigenvalue weighted by atomic mass is 16.5. The molecular formula is C18H20N2O4. The smallest absolute Gasteiger partial charge is 0.325 e. The van der Waals surface area contributed by atoms with E-state index in [0.29, 0.717) is 17.9 Å². The summed E-state index contributed by atoms with van der Waals surface area (Å²) in [6.45, 7) is 5.51. The second-order valence-corrected chi connectivity index (χ2v) is 5.62. The minimum Gasteiger partial charge on any atom is -0.488 e. The zero-order valence-corrected chi connectivity index (χ0v) is 13.9. The van der Waals surface area contributed by atoms with Crippen LogP contribution in [0.15, 0.2) is 36.7 Å². The van der Waals surface area contributed by atoms with Crippen molar-refractivity contribution in [2.45, 2.75) is 33.4 Å². The van der Waals surface area contributed by atoms with Gasteiger partial charge < -0.3 is 15.2 Å². The first-order valence-electron chi connectivity index (χ1n) is 7.55. The summed E-state index contributed by atoms with van der Waals surface area (Å²) in [5.74, 6) is -0.787. The van der Waals surface area contributed by atoms with Crippen molar-refractivity contribution in [1.29, 1.82) is 0 Å². The maximum absolute atomic E-state index is 12.1. The zero-order valence-electron chi connectivity index (χ0n) is 13.9. The van der Waals surface area contributed by atoms with E-state index >= 15 is 0 Å². The van der Waals surface area contributed by atoms with Crippen LogP contribution >= 0.6 is 0 Å². The van der Waals surface area contributed by atoms with Gasteiger partial charge in [-0.05, 0) is 50.1 Å². The maximum Gasteiger partial charge on any atom is 0.325 e. The summed E-state index contributed by atoms with van der Waals surface area (Å²) in [6.07, 6.45) is 3.44. The van der Waals surface area contributed by atoms with Crippen molar-refractivity contribution in [3.8, 4) is 5.75 Å². The number of aryl methyl sites for hydroxylation is 2. The third-order valence-electron chi connectivity index (χ3n) is 3.55. The Bertz CT molecular complexity index is 721. The van der Waals surface area contributed by atoms with Crippen molar-refractivity contribution in [2.75, 3.05) is 0 Å². The van der Waals surface area contributed by atoms with Gasteiger partial charge in [-0.25, -0.2) is 0 Å². The summed E-state index contributed by atoms with van der Waals surface area (Å²) >= 11 is 0. The third kappa shape index (κ3) is 4.32. The van der Waals surface area contributed by atoms with E-state index in [1.54, 1.807) is 24.5 Å². The zero-order chi connectivity index (χ0) is 17.7. The molecule has 1 aromatic carbocycles. The first-order chi connectivity index (χ1) is 11.4. The highest BCUT2D eigenvalue weighted by molar-refractivity contribution is 5.97. The molecule has 6 heteroatoms. The van der Waals surface area contributed by atoms with Crippen molar-refractivity contribution in [1.82, 2.24) is 10.3 Å². The molecule has 0 aliphatic carbocycles. The number of aromatic nitrogens is 1. The lowest BCUT2D eigenvalue weighted by Gasteiger charge is -2.15. The summed E-state index contributed by atoms with van der Waals surface area (Å²) < 4.78 is 5.84. The highest BCUT2D eigenvalue weighted by Gasteiger charge is 2.17. The number of carbonyl (C=O) groups excluding carboxylic acids is 1. The average molecular weight is 328 g/mol. The van der Waals surface area contributed by atoms with E-state index in [1.165, 1.54) is 6.92 Å². The van der Waals surface area contributed by atoms with Gasteiger partial charge in [0.2, 0.25) is 0 Å². The fraction of sp³-hybridized carbons (Fsp3) is 0.278. The molecule has 0 fully saturated rings. The van der Waals surface area contributed by atoms with Crippen LogP contribution in [0.5, 0.6) is 5.75 Å². The summed E-state index contributed by atoms with van der Waals surface area (Å²) in [5.41, 5.74) is 2.99. The Morgan fingerprint density at radius 1 is 1.29 bits per heavy atom. The van der Waals surface area contributed by atoms with Gasteiger partial charge >= 0.3 is 5.97 Å². The van der Waals surface area contributed by atoms with Crippen LogP contribution in [0, 0.1) is 13.8 Å². The number of nitrogens with zero attached hydrogens (tertiary/aromatic N) is 1. The van der Waals surface area contributed by atoms with Crippen LogP contribution in [-0.4, -0.2) is 28.0 Å². The number of ether oxygens (including phenoxy) is 1. The van der Waals surface area contributed by atoms with Crippen molar-refractivity contribution in [2.24, 2.45) is 0 Å². The number of carbonyl (C=O) groups is 2. The van der Waals surface area contributed by atoms with Crippen LogP contribution in [0.25, 0.3) is 0 Å². The lowest BCUT2D eigenvalue weighted by atomic mass is 10.0. The lowest BCUT2D eigenvalue weighted by Crippen LogP contribution is -2.38. The van der Waals surface area contributed by atoms with Crippen LogP contribution in [0.2, 0.25) is 0 Å². The van der Waals surface area contributed by atoms with Crippen molar-refractivity contribution in [3.63, 3.8) is 0 Å². The van der Waals surface area contributed by atoms with E-state index in [4.69, 9.17) is 9.84 Å². The second kappa shape index (κ2) is 7.59. The molecule has 1 amide bonds. The van der Waals surface area contributed by atoms with Gasteiger partial charge in [0.1, 0.15) is 18.4 Å². The van der Waals surface area contributed by atoms with E-state index in [0.717, 1.165) is 16.7 Å². The SMILES string of the molecule is Cc1cc(C(=O)N[C@@H](C)C(=O)O)cc(C)c1OCc1cccnc1. The normalized spacial score (nSPS) is 11.6. The highest BCUT2D eigenvalue weighted by Crippen LogP contribution is 2.25. The Morgan fingerprint density at radius 3 is 2.50 bits per heavy atom. The van der Waals surface area contributed by atoms with Gasteiger partial charge in [0.05, 0.1) is 0 Å². The van der Waals surface area contributed by atoms with Crippen LogP contribution in [-0.2, 0) is 11.4 Å². The first-order valence-corrected chi connectivity index (χ1v) is 7.55. The van der Waals surface area contributed by atoms with E-state index in [9.17, 15) is 9.59 Å². The Labute approximate surface area is 140 Å². The van der Waals surface area contributed by atoms with Crippen LogP contribution in [0.3, 0.4) is 0 Å². The van der Waals surface area contributed by atoms with Gasteiger partial charge in [0, 0.05) is 23.5 Å². The molecule has 0 radical (unpaired) electrons. The Hall–Kier alpha value is -2.89. The molecule has 2 aromatic rings. The fourth-order valence-corrected chi connectivity index (χ4v) is 2.29. The van der Waals surface area contributed by atoms with Gasteiger partial charge in [-0.1, -0.05) is 6.07 Å². The molecule has 2 N–H and O–H groups in total. The molecule has 0 saturated carbocycles. The second-order valence-electron chi connectivity index (χ2n) is 5.62. The molecule has 0 aliphatic rings. The number of rotatable bonds is 6. The molecule has 0 bridgehead atoms. The number of aliphatic carboxylic acids is 1. The van der Waals surface area contributed by atoms with Crippen molar-refractivity contribution < 1.29 is 19.4 Å². The van der Waals surface area contributed by atoms with Gasteiger partial charge in [0.25, 0.3) is 5.91 Å². The number of pyridine rings is 1. The molecule has 24 heavy (non-hydrogen) atoms. The van der Waals surface area contributed by atoms with E-state index < -0.39 is 17.9 Å². The molecule has 0 spiro atoms. The van der Waals surface area contributed by atoms with Gasteiger partial charge in [-0.2, -0.15) is 0 Å². The third-order valence-corrected chi connectivity index (χ3v) is 3.55. The number of benzene rings is 1. The lowest BCUT2D eigenvalue weighted by molar-refractivity contribution is -0.138. The number of hydrogen-bond donors (Lipinski definition) is 2. The van der Waals surface area contributed by atoms with Crippen molar-refractivity contribution in [3.05, 3.63) is 58.9 Å². The van der Waals surface area contributed by atoms with Gasteiger partial charge in [-0.15, -0.1) is 0 Å². The first kappa shape index (κ1) is 17.5. The van der Waals surface area contributed by atoms with Crippen LogP contribution in [0.4, 0.5) is 0 Å². The van der Waals surface area contributed by atoms with Gasteiger partial charge in [-0.3, -0.25) is 14.6 Å². The fourth-order valence-electron chi connectivity index (χ4n) is 2.29. The largest absolute Gasteiger partial charge is 0.488 e. The van der Waals surface area contributed by atoms with E-state index in [2.05, 4.69) is 10.3 Å². The summed E-state index contributed by atoms with van der Waals surface area (Å²) in [5, 5.41) is 11.3. The number of hydrogen-bond acceptors (Lipinski definition) is 4. The number of carboxylic acids is 1. The van der Waals surface area contributed by atoms with E-state index in [-0.39, 0.29) is 0 Å². The summed E-state index contributed by atoms with van der Waals surface area (Å²) in [7, 11) is 0. The molecule has 1 aromatic heterocycles. The molecule has 1 atom stereocenters. The van der Waals surface area contributed by atoms with Crippen molar-refractivity contribution >= 4 is 11.9 Å². The minimum atomic E-state index is -1.08. The molecule has 6 nitrogen and oxygen atoms in total. The molecular weight excluding hydrogens is 308 g/mol. The Balaban J connectivity index is 2.13. The Morgan fingerprint density at radius 2 is 1.96 bits per heavy atom. The van der Waals surface area contributed by atoms with Crippen LogP contribution < -0.4 is 10.1 Å². The van der Waals surface area contributed by atoms with E-state index in [1.807, 2.05) is 26.0 Å². The monoisotopic (exact) mass is 328 g/mol. The standard InChI is InChI=1S/C18H20N2O4/c1-11-7-15(17(21)20-13(3)18(22)23)8-12(2)16(11)24-10-14-5-4-6-19-9-14/h4-9,13H,10H2,1-3H3,(H,20,21)(H,22,23)/t13-/m0/s1. The molecule has 126 valence electrons. The predicted octanol–water partition coefficient (Wildman–Crippen LogP) is 2.48. The molecule has 2 rings (SSSR count). The topological polar surface area (TPSA) is 88.5 Å². The molecule has 0 aliphatic heterocycles. The molecule has 1 heterocycles. The van der Waals surface area contributed by atoms with Gasteiger partial charge in [0.15, 0.2) is 0 Å². The summed E-state index contributed by atoms with van der Waals surface area (Å²) in [4.78, 5) is 27.0. The quantitative estimate of drug-likeness (QED) is 0.850. The molecule has 0 unspecified atom stereocenters. The maximum atomic E-state index is 12.1. The predicted molar refractivity (Wildman–Crippen MR) is 89.0 cm³/mol. The number of amides is 1.